The summed E-state index contributed by atoms with van der Waals surface area (Å²) in [7, 11) is 0. The van der Waals surface area contributed by atoms with E-state index in [1.54, 1.807) is 0 Å². The summed E-state index contributed by atoms with van der Waals surface area (Å²) in [4.78, 5) is 0. The minimum Gasteiger partial charge on any atom is -0.329 e. The van der Waals surface area contributed by atoms with Gasteiger partial charge in [-0.05, 0) is 32.1 Å². The highest BCUT2D eigenvalue weighted by Gasteiger charge is 2.30. The lowest BCUT2D eigenvalue weighted by atomic mass is 10.1. The highest BCUT2D eigenvalue weighted by atomic mass is 15.0. The molecular weight excluding hydrogens is 148 g/mol. The molecule has 0 saturated heterocycles. The zero-order valence-corrected chi connectivity index (χ0v) is 8.34. The van der Waals surface area contributed by atoms with Crippen LogP contribution in [0.3, 0.4) is 0 Å². The first-order valence-electron chi connectivity index (χ1n) is 5.24. The third-order valence-electron chi connectivity index (χ3n) is 2.67. The second-order valence-electron chi connectivity index (χ2n) is 4.04. The van der Waals surface area contributed by atoms with Crippen LogP contribution in [0.4, 0.5) is 0 Å². The lowest BCUT2D eigenvalue weighted by Gasteiger charge is -2.21. The summed E-state index contributed by atoms with van der Waals surface area (Å²) in [5.41, 5.74) is 5.70. The van der Waals surface area contributed by atoms with Crippen molar-refractivity contribution >= 4 is 0 Å². The van der Waals surface area contributed by atoms with E-state index in [0.717, 1.165) is 12.5 Å². The largest absolute Gasteiger partial charge is 0.329 e. The molecule has 2 atom stereocenters. The van der Waals surface area contributed by atoms with Crippen LogP contribution in [0.15, 0.2) is 0 Å². The highest BCUT2D eigenvalue weighted by molar-refractivity contribution is 4.88. The van der Waals surface area contributed by atoms with Crippen LogP contribution < -0.4 is 11.1 Å². The summed E-state index contributed by atoms with van der Waals surface area (Å²) < 4.78 is 0. The van der Waals surface area contributed by atoms with E-state index in [2.05, 4.69) is 19.2 Å². The molecule has 0 aromatic carbocycles. The van der Waals surface area contributed by atoms with Crippen molar-refractivity contribution < 1.29 is 0 Å². The Bertz CT molecular complexity index is 121. The van der Waals surface area contributed by atoms with E-state index in [9.17, 15) is 0 Å². The Balaban J connectivity index is 2.16. The Kier molecular flexibility index (Phi) is 4.02. The maximum atomic E-state index is 5.70. The molecule has 2 heteroatoms. The van der Waals surface area contributed by atoms with Crippen molar-refractivity contribution in [2.75, 3.05) is 6.54 Å². The molecule has 0 aromatic rings. The van der Waals surface area contributed by atoms with Crippen LogP contribution in [0.1, 0.15) is 39.5 Å². The van der Waals surface area contributed by atoms with Crippen molar-refractivity contribution in [3.8, 4) is 0 Å². The van der Waals surface area contributed by atoms with Crippen molar-refractivity contribution in [1.82, 2.24) is 5.32 Å². The Labute approximate surface area is 75.9 Å². The van der Waals surface area contributed by atoms with Gasteiger partial charge in [0.2, 0.25) is 0 Å². The zero-order valence-electron chi connectivity index (χ0n) is 8.34. The molecule has 1 rings (SSSR count). The smallest absolute Gasteiger partial charge is 0.0220 e. The van der Waals surface area contributed by atoms with Gasteiger partial charge in [-0.15, -0.1) is 0 Å². The number of hydrogen-bond acceptors (Lipinski definition) is 2. The Morgan fingerprint density at radius 1 is 1.50 bits per heavy atom. The van der Waals surface area contributed by atoms with Gasteiger partial charge in [-0.3, -0.25) is 0 Å². The fourth-order valence-electron chi connectivity index (χ4n) is 1.78. The average molecular weight is 170 g/mol. The summed E-state index contributed by atoms with van der Waals surface area (Å²) in [6.45, 7) is 5.29. The molecule has 0 amide bonds. The van der Waals surface area contributed by atoms with Gasteiger partial charge in [0, 0.05) is 18.6 Å². The van der Waals surface area contributed by atoms with Gasteiger partial charge in [0.15, 0.2) is 0 Å². The van der Waals surface area contributed by atoms with Gasteiger partial charge in [0.25, 0.3) is 0 Å². The molecule has 3 N–H and O–H groups in total. The summed E-state index contributed by atoms with van der Waals surface area (Å²) in [5.74, 6) is 0.884. The molecule has 0 spiro atoms. The molecule has 0 heterocycles. The quantitative estimate of drug-likeness (QED) is 0.634. The van der Waals surface area contributed by atoms with Crippen LogP contribution in [0.5, 0.6) is 0 Å². The van der Waals surface area contributed by atoms with Gasteiger partial charge >= 0.3 is 0 Å². The van der Waals surface area contributed by atoms with Crippen LogP contribution in [0.2, 0.25) is 0 Å². The van der Waals surface area contributed by atoms with E-state index in [1.165, 1.54) is 25.7 Å². The van der Waals surface area contributed by atoms with Gasteiger partial charge in [-0.25, -0.2) is 0 Å². The molecular formula is C10H22N2. The van der Waals surface area contributed by atoms with E-state index >= 15 is 0 Å². The molecule has 0 aromatic heterocycles. The maximum Gasteiger partial charge on any atom is 0.0220 e. The first-order valence-corrected chi connectivity index (χ1v) is 5.24. The second-order valence-corrected chi connectivity index (χ2v) is 4.04. The highest BCUT2D eigenvalue weighted by Crippen LogP contribution is 2.32. The molecule has 0 aliphatic heterocycles. The van der Waals surface area contributed by atoms with Gasteiger partial charge in [0.05, 0.1) is 0 Å². The zero-order chi connectivity index (χ0) is 8.97. The SMILES string of the molecule is CCCC(C)NC(CN)C1CC1. The lowest BCUT2D eigenvalue weighted by Crippen LogP contribution is -2.42. The van der Waals surface area contributed by atoms with Crippen LogP contribution in [0, 0.1) is 5.92 Å². The molecule has 0 bridgehead atoms. The fraction of sp³-hybridized carbons (Fsp3) is 1.00. The van der Waals surface area contributed by atoms with Gasteiger partial charge in [0.1, 0.15) is 0 Å². The van der Waals surface area contributed by atoms with Crippen molar-refractivity contribution in [3.05, 3.63) is 0 Å². The normalized spacial score (nSPS) is 22.2. The average Bonchev–Trinajstić information content (AvgIpc) is 2.83. The predicted octanol–water partition coefficient (Wildman–Crippen LogP) is 1.50. The standard InChI is InChI=1S/C10H22N2/c1-3-4-8(2)12-10(7-11)9-5-6-9/h8-10,12H,3-7,11H2,1-2H3. The molecule has 1 aliphatic rings. The molecule has 1 fully saturated rings. The van der Waals surface area contributed by atoms with Crippen molar-refractivity contribution in [2.24, 2.45) is 11.7 Å². The van der Waals surface area contributed by atoms with Crippen LogP contribution in [-0.4, -0.2) is 18.6 Å². The Morgan fingerprint density at radius 3 is 2.58 bits per heavy atom. The molecule has 72 valence electrons. The number of rotatable bonds is 6. The van der Waals surface area contributed by atoms with Gasteiger partial charge < -0.3 is 11.1 Å². The lowest BCUT2D eigenvalue weighted by molar-refractivity contribution is 0.398. The van der Waals surface area contributed by atoms with Crippen molar-refractivity contribution in [3.63, 3.8) is 0 Å². The van der Waals surface area contributed by atoms with E-state index in [4.69, 9.17) is 5.73 Å². The minimum atomic E-state index is 0.589. The second kappa shape index (κ2) is 4.83. The maximum absolute atomic E-state index is 5.70. The monoisotopic (exact) mass is 170 g/mol. The molecule has 12 heavy (non-hydrogen) atoms. The first kappa shape index (κ1) is 10.0. The summed E-state index contributed by atoms with van der Waals surface area (Å²) in [6, 6.07) is 1.23. The van der Waals surface area contributed by atoms with Crippen molar-refractivity contribution in [1.29, 1.82) is 0 Å². The van der Waals surface area contributed by atoms with Crippen LogP contribution in [-0.2, 0) is 0 Å². The van der Waals surface area contributed by atoms with Crippen LogP contribution in [0.25, 0.3) is 0 Å². The Morgan fingerprint density at radius 2 is 2.17 bits per heavy atom. The first-order chi connectivity index (χ1) is 5.77. The molecule has 1 saturated carbocycles. The molecule has 0 radical (unpaired) electrons. The predicted molar refractivity (Wildman–Crippen MR) is 53.1 cm³/mol. The van der Waals surface area contributed by atoms with Gasteiger partial charge in [-0.2, -0.15) is 0 Å². The van der Waals surface area contributed by atoms with E-state index in [0.29, 0.717) is 12.1 Å². The third-order valence-corrected chi connectivity index (χ3v) is 2.67. The summed E-state index contributed by atoms with van der Waals surface area (Å²) in [5, 5.41) is 3.60. The summed E-state index contributed by atoms with van der Waals surface area (Å²) in [6.07, 6.45) is 5.29. The number of nitrogens with two attached hydrogens (primary N) is 1. The van der Waals surface area contributed by atoms with Crippen LogP contribution >= 0.6 is 0 Å². The minimum absolute atomic E-state index is 0.589. The molecule has 2 unspecified atom stereocenters. The number of nitrogens with one attached hydrogen (secondary N) is 1. The van der Waals surface area contributed by atoms with E-state index in [1.807, 2.05) is 0 Å². The van der Waals surface area contributed by atoms with Gasteiger partial charge in [-0.1, -0.05) is 13.3 Å². The Hall–Kier alpha value is -0.0800. The number of hydrogen-bond donors (Lipinski definition) is 2. The fourth-order valence-corrected chi connectivity index (χ4v) is 1.78. The summed E-state index contributed by atoms with van der Waals surface area (Å²) >= 11 is 0. The molecule has 1 aliphatic carbocycles. The third kappa shape index (κ3) is 3.11. The van der Waals surface area contributed by atoms with E-state index < -0.39 is 0 Å². The topological polar surface area (TPSA) is 38.0 Å². The molecule has 2 nitrogen and oxygen atoms in total. The van der Waals surface area contributed by atoms with Crippen molar-refractivity contribution in [2.45, 2.75) is 51.6 Å². The van der Waals surface area contributed by atoms with E-state index in [-0.39, 0.29) is 0 Å².